The van der Waals surface area contributed by atoms with E-state index in [4.69, 9.17) is 4.98 Å². The summed E-state index contributed by atoms with van der Waals surface area (Å²) in [6.45, 7) is 3.71. The maximum Gasteiger partial charge on any atom is 0.173 e. The minimum Gasteiger partial charge on any atom is -0.294 e. The Morgan fingerprint density at radius 2 is 2.12 bits per heavy atom. The van der Waals surface area contributed by atoms with Gasteiger partial charge in [0.15, 0.2) is 5.82 Å². The van der Waals surface area contributed by atoms with Gasteiger partial charge >= 0.3 is 0 Å². The van der Waals surface area contributed by atoms with Gasteiger partial charge in [0.25, 0.3) is 0 Å². The van der Waals surface area contributed by atoms with Gasteiger partial charge in [0.2, 0.25) is 0 Å². The highest BCUT2D eigenvalue weighted by atomic mass is 79.9. The van der Waals surface area contributed by atoms with Gasteiger partial charge in [-0.25, -0.2) is 15.0 Å². The van der Waals surface area contributed by atoms with Crippen LogP contribution in [0.5, 0.6) is 0 Å². The quantitative estimate of drug-likeness (QED) is 0.761. The maximum absolute atomic E-state index is 4.81. The number of halogens is 1. The largest absolute Gasteiger partial charge is 0.294 e. The van der Waals surface area contributed by atoms with E-state index in [9.17, 15) is 0 Å². The Balaban J connectivity index is 1.49. The number of aliphatic imine (C=N–C) groups is 1. The number of pyridine rings is 1. The highest BCUT2D eigenvalue weighted by molar-refractivity contribution is 9.10. The van der Waals surface area contributed by atoms with E-state index in [2.05, 4.69) is 41.9 Å². The zero-order chi connectivity index (χ0) is 16.4. The van der Waals surface area contributed by atoms with Crippen molar-refractivity contribution in [1.82, 2.24) is 19.9 Å². The first-order chi connectivity index (χ1) is 11.8. The normalized spacial score (nSPS) is 18.1. The molecule has 0 spiro atoms. The Morgan fingerprint density at radius 1 is 1.17 bits per heavy atom. The lowest BCUT2D eigenvalue weighted by atomic mass is 10.0. The predicted molar refractivity (Wildman–Crippen MR) is 97.0 cm³/mol. The standard InChI is InChI=1S/C18H20BrN5/c19-17-13(4-3-8-21-17)11-24-9-6-15-14(12-24)10-22-18(23-15)16-5-1-2-7-20-16/h3-4,8,10H,1-2,5-7,9,11-12H2. The molecule has 0 amide bonds. The van der Waals surface area contributed by atoms with Crippen LogP contribution in [0.1, 0.15) is 41.9 Å². The molecule has 0 saturated heterocycles. The summed E-state index contributed by atoms with van der Waals surface area (Å²) in [7, 11) is 0. The van der Waals surface area contributed by atoms with Gasteiger partial charge in [0, 0.05) is 50.6 Å². The molecule has 2 aromatic rings. The number of rotatable bonds is 3. The van der Waals surface area contributed by atoms with Gasteiger partial charge in [-0.05, 0) is 46.8 Å². The lowest BCUT2D eigenvalue weighted by Crippen LogP contribution is -2.31. The smallest absolute Gasteiger partial charge is 0.173 e. The minimum atomic E-state index is 0.844. The summed E-state index contributed by atoms with van der Waals surface area (Å²) < 4.78 is 0.928. The van der Waals surface area contributed by atoms with Crippen molar-refractivity contribution in [3.63, 3.8) is 0 Å². The molecule has 4 rings (SSSR count). The van der Waals surface area contributed by atoms with Crippen LogP contribution in [-0.2, 0) is 19.5 Å². The summed E-state index contributed by atoms with van der Waals surface area (Å²) in [5, 5.41) is 0. The van der Waals surface area contributed by atoms with Crippen molar-refractivity contribution in [2.45, 2.75) is 38.8 Å². The summed E-state index contributed by atoms with van der Waals surface area (Å²) in [6, 6.07) is 4.10. The minimum absolute atomic E-state index is 0.844. The Labute approximate surface area is 150 Å². The summed E-state index contributed by atoms with van der Waals surface area (Å²) in [6.07, 6.45) is 8.18. The molecule has 0 saturated carbocycles. The lowest BCUT2D eigenvalue weighted by molar-refractivity contribution is 0.242. The summed E-state index contributed by atoms with van der Waals surface area (Å²) >= 11 is 3.53. The third-order valence-corrected chi connectivity index (χ3v) is 5.34. The van der Waals surface area contributed by atoms with Gasteiger partial charge < -0.3 is 0 Å². The lowest BCUT2D eigenvalue weighted by Gasteiger charge is -2.28. The second kappa shape index (κ2) is 7.07. The van der Waals surface area contributed by atoms with Crippen molar-refractivity contribution in [3.05, 3.63) is 51.8 Å². The molecule has 2 aromatic heterocycles. The molecule has 0 aromatic carbocycles. The van der Waals surface area contributed by atoms with Crippen molar-refractivity contribution in [3.8, 4) is 0 Å². The van der Waals surface area contributed by atoms with Crippen LogP contribution in [0, 0.1) is 0 Å². The fourth-order valence-corrected chi connectivity index (χ4v) is 3.68. The van der Waals surface area contributed by atoms with E-state index >= 15 is 0 Å². The van der Waals surface area contributed by atoms with E-state index < -0.39 is 0 Å². The molecule has 2 aliphatic rings. The molecule has 124 valence electrons. The summed E-state index contributed by atoms with van der Waals surface area (Å²) in [4.78, 5) is 20.7. The van der Waals surface area contributed by atoms with Crippen LogP contribution in [0.4, 0.5) is 0 Å². The molecule has 0 unspecified atom stereocenters. The van der Waals surface area contributed by atoms with Gasteiger partial charge in [-0.1, -0.05) is 6.07 Å². The van der Waals surface area contributed by atoms with Crippen LogP contribution < -0.4 is 0 Å². The predicted octanol–water partition coefficient (Wildman–Crippen LogP) is 3.17. The fraction of sp³-hybridized carbons (Fsp3) is 0.444. The molecule has 0 atom stereocenters. The molecule has 0 N–H and O–H groups in total. The molecular weight excluding hydrogens is 366 g/mol. The average molecular weight is 386 g/mol. The van der Waals surface area contributed by atoms with Gasteiger partial charge in [-0.3, -0.25) is 9.89 Å². The summed E-state index contributed by atoms with van der Waals surface area (Å²) in [5.41, 5.74) is 4.73. The van der Waals surface area contributed by atoms with Crippen LogP contribution >= 0.6 is 15.9 Å². The first-order valence-corrected chi connectivity index (χ1v) is 9.29. The molecule has 0 radical (unpaired) electrons. The van der Waals surface area contributed by atoms with E-state index in [-0.39, 0.29) is 0 Å². The third-order valence-electron chi connectivity index (χ3n) is 4.63. The number of hydrogen-bond donors (Lipinski definition) is 0. The molecule has 24 heavy (non-hydrogen) atoms. The molecule has 4 heterocycles. The van der Waals surface area contributed by atoms with E-state index in [1.54, 1.807) is 0 Å². The summed E-state index contributed by atoms with van der Waals surface area (Å²) in [5.74, 6) is 0.844. The SMILES string of the molecule is Brc1ncccc1CN1CCc2nc(C3=NCCCC3)ncc2C1. The molecule has 0 aliphatic carbocycles. The average Bonchev–Trinajstić information content (AvgIpc) is 2.64. The van der Waals surface area contributed by atoms with E-state index in [1.807, 2.05) is 18.5 Å². The van der Waals surface area contributed by atoms with Crippen LogP contribution in [-0.4, -0.2) is 38.7 Å². The monoisotopic (exact) mass is 385 g/mol. The Morgan fingerprint density at radius 3 is 2.96 bits per heavy atom. The third kappa shape index (κ3) is 3.39. The van der Waals surface area contributed by atoms with E-state index in [1.165, 1.54) is 29.7 Å². The Kier molecular flexibility index (Phi) is 4.67. The van der Waals surface area contributed by atoms with Crippen molar-refractivity contribution in [1.29, 1.82) is 0 Å². The number of nitrogens with zero attached hydrogens (tertiary/aromatic N) is 5. The van der Waals surface area contributed by atoms with Gasteiger partial charge in [-0.15, -0.1) is 0 Å². The fourth-order valence-electron chi connectivity index (χ4n) is 3.31. The number of aromatic nitrogens is 3. The Bertz CT molecular complexity index is 774. The second-order valence-electron chi connectivity index (χ2n) is 6.37. The van der Waals surface area contributed by atoms with Crippen molar-refractivity contribution in [2.24, 2.45) is 4.99 Å². The molecule has 0 bridgehead atoms. The number of hydrogen-bond acceptors (Lipinski definition) is 5. The molecule has 5 nitrogen and oxygen atoms in total. The van der Waals surface area contributed by atoms with Gasteiger partial charge in [-0.2, -0.15) is 0 Å². The topological polar surface area (TPSA) is 54.3 Å². The van der Waals surface area contributed by atoms with Gasteiger partial charge in [0.05, 0.1) is 11.4 Å². The molecule has 0 fully saturated rings. The van der Waals surface area contributed by atoms with Crippen molar-refractivity contribution in [2.75, 3.05) is 13.1 Å². The maximum atomic E-state index is 4.81. The van der Waals surface area contributed by atoms with E-state index in [0.717, 1.165) is 55.2 Å². The molecular formula is C18H20BrN5. The van der Waals surface area contributed by atoms with Crippen LogP contribution in [0.2, 0.25) is 0 Å². The Hall–Kier alpha value is -1.66. The highest BCUT2D eigenvalue weighted by Crippen LogP contribution is 2.22. The first kappa shape index (κ1) is 15.8. The highest BCUT2D eigenvalue weighted by Gasteiger charge is 2.20. The van der Waals surface area contributed by atoms with Crippen LogP contribution in [0.25, 0.3) is 0 Å². The molecule has 2 aliphatic heterocycles. The van der Waals surface area contributed by atoms with Crippen LogP contribution in [0.15, 0.2) is 34.1 Å². The zero-order valence-corrected chi connectivity index (χ0v) is 15.2. The van der Waals surface area contributed by atoms with Crippen LogP contribution in [0.3, 0.4) is 0 Å². The number of fused-ring (bicyclic) bond motifs is 1. The van der Waals surface area contributed by atoms with Crippen molar-refractivity contribution >= 4 is 21.6 Å². The zero-order valence-electron chi connectivity index (χ0n) is 13.6. The van der Waals surface area contributed by atoms with Crippen molar-refractivity contribution < 1.29 is 0 Å². The first-order valence-electron chi connectivity index (χ1n) is 8.50. The second-order valence-corrected chi connectivity index (χ2v) is 7.12. The van der Waals surface area contributed by atoms with E-state index in [0.29, 0.717) is 0 Å². The van der Waals surface area contributed by atoms with Gasteiger partial charge in [0.1, 0.15) is 4.60 Å². The molecule has 6 heteroatoms.